The second-order valence-electron chi connectivity index (χ2n) is 4.04. The first-order valence-corrected chi connectivity index (χ1v) is 7.97. The van der Waals surface area contributed by atoms with Gasteiger partial charge in [-0.15, -0.1) is 11.6 Å². The smallest absolute Gasteiger partial charge is 0.148 e. The van der Waals surface area contributed by atoms with E-state index >= 15 is 0 Å². The molecule has 0 aromatic carbocycles. The van der Waals surface area contributed by atoms with Crippen LogP contribution < -0.4 is 0 Å². The number of rotatable bonds is 9. The molecule has 0 aliphatic carbocycles. The lowest BCUT2D eigenvalue weighted by molar-refractivity contribution is 0.342. The van der Waals surface area contributed by atoms with Crippen LogP contribution in [0.3, 0.4) is 0 Å². The molecular weight excluding hydrogens is 234 g/mol. The van der Waals surface area contributed by atoms with Crippen LogP contribution in [0.5, 0.6) is 0 Å². The van der Waals surface area contributed by atoms with Crippen LogP contribution in [0.4, 0.5) is 0 Å². The highest BCUT2D eigenvalue weighted by atomic mass is 35.5. The minimum Gasteiger partial charge on any atom is -0.305 e. The maximum atomic E-state index is 10.9. The lowest BCUT2D eigenvalue weighted by atomic mass is 10.2. The van der Waals surface area contributed by atoms with Gasteiger partial charge < -0.3 is 4.90 Å². The van der Waals surface area contributed by atoms with E-state index < -0.39 is 9.84 Å². The third-order valence-corrected chi connectivity index (χ3v) is 3.46. The molecule has 92 valence electrons. The van der Waals surface area contributed by atoms with Crippen LogP contribution in [0.2, 0.25) is 0 Å². The summed E-state index contributed by atoms with van der Waals surface area (Å²) in [6, 6.07) is 0. The molecule has 0 aromatic rings. The van der Waals surface area contributed by atoms with Gasteiger partial charge in [-0.05, 0) is 26.4 Å². The first kappa shape index (κ1) is 15.2. The molecule has 0 bridgehead atoms. The summed E-state index contributed by atoms with van der Waals surface area (Å²) in [5, 5.41) is 0. The quantitative estimate of drug-likeness (QED) is 0.466. The summed E-state index contributed by atoms with van der Waals surface area (Å²) in [5.74, 6) is 0.995. The average molecular weight is 256 g/mol. The van der Waals surface area contributed by atoms with Gasteiger partial charge in [0.15, 0.2) is 0 Å². The van der Waals surface area contributed by atoms with Crippen LogP contribution in [0, 0.1) is 0 Å². The van der Waals surface area contributed by atoms with Crippen LogP contribution in [0.25, 0.3) is 0 Å². The summed E-state index contributed by atoms with van der Waals surface area (Å²) < 4.78 is 21.8. The summed E-state index contributed by atoms with van der Waals surface area (Å²) in [6.45, 7) is 1.60. The maximum absolute atomic E-state index is 10.9. The fourth-order valence-corrected chi connectivity index (χ4v) is 2.10. The molecule has 0 radical (unpaired) electrons. The number of nitrogens with zero attached hydrogens (tertiary/aromatic N) is 1. The third kappa shape index (κ3) is 12.1. The lowest BCUT2D eigenvalue weighted by Gasteiger charge is -2.15. The summed E-state index contributed by atoms with van der Waals surface area (Å²) in [5.41, 5.74) is 0. The zero-order valence-corrected chi connectivity index (χ0v) is 11.3. The Kier molecular flexibility index (Phi) is 8.47. The standard InChI is InChI=1S/C10H22ClNO2S/c1-12(9-10-15(2,13)14)8-6-4-3-5-7-11/h3-10H2,1-2H3. The zero-order valence-electron chi connectivity index (χ0n) is 9.71. The molecule has 0 N–H and O–H groups in total. The van der Waals surface area contributed by atoms with Crippen LogP contribution in [0.1, 0.15) is 25.7 Å². The molecule has 0 unspecified atom stereocenters. The number of unbranched alkanes of at least 4 members (excludes halogenated alkanes) is 3. The Bertz CT molecular complexity index is 242. The molecule has 0 amide bonds. The minimum absolute atomic E-state index is 0.255. The monoisotopic (exact) mass is 255 g/mol. The van der Waals surface area contributed by atoms with Crippen molar-refractivity contribution >= 4 is 21.4 Å². The number of hydrogen-bond donors (Lipinski definition) is 0. The third-order valence-electron chi connectivity index (χ3n) is 2.27. The summed E-state index contributed by atoms with van der Waals surface area (Å²) in [6.07, 6.45) is 5.83. The van der Waals surface area contributed by atoms with Crippen molar-refractivity contribution in [1.82, 2.24) is 4.90 Å². The highest BCUT2D eigenvalue weighted by Crippen LogP contribution is 2.02. The van der Waals surface area contributed by atoms with E-state index in [1.807, 2.05) is 7.05 Å². The van der Waals surface area contributed by atoms with Crippen molar-refractivity contribution in [3.63, 3.8) is 0 Å². The molecule has 0 rings (SSSR count). The van der Waals surface area contributed by atoms with Crippen molar-refractivity contribution in [2.24, 2.45) is 0 Å². The van der Waals surface area contributed by atoms with E-state index in [1.54, 1.807) is 0 Å². The Morgan fingerprint density at radius 1 is 1.07 bits per heavy atom. The van der Waals surface area contributed by atoms with E-state index in [2.05, 4.69) is 4.90 Å². The van der Waals surface area contributed by atoms with Gasteiger partial charge >= 0.3 is 0 Å². The van der Waals surface area contributed by atoms with Gasteiger partial charge in [0.2, 0.25) is 0 Å². The van der Waals surface area contributed by atoms with Crippen molar-refractivity contribution < 1.29 is 8.42 Å². The number of halogens is 1. The molecule has 0 saturated carbocycles. The van der Waals surface area contributed by atoms with Crippen molar-refractivity contribution in [2.75, 3.05) is 38.0 Å². The van der Waals surface area contributed by atoms with Crippen molar-refractivity contribution in [2.45, 2.75) is 25.7 Å². The Balaban J connectivity index is 3.37. The van der Waals surface area contributed by atoms with Gasteiger partial charge in [0, 0.05) is 18.7 Å². The molecule has 3 nitrogen and oxygen atoms in total. The molecular formula is C10H22ClNO2S. The largest absolute Gasteiger partial charge is 0.305 e. The second kappa shape index (κ2) is 8.36. The number of sulfone groups is 1. The van der Waals surface area contributed by atoms with Gasteiger partial charge in [-0.1, -0.05) is 12.8 Å². The van der Waals surface area contributed by atoms with E-state index in [4.69, 9.17) is 11.6 Å². The predicted octanol–water partition coefficient (Wildman–Crippen LogP) is 1.76. The topological polar surface area (TPSA) is 37.4 Å². The highest BCUT2D eigenvalue weighted by molar-refractivity contribution is 7.90. The van der Waals surface area contributed by atoms with E-state index in [0.717, 1.165) is 25.3 Å². The first-order chi connectivity index (χ1) is 6.95. The molecule has 0 atom stereocenters. The van der Waals surface area contributed by atoms with Crippen molar-refractivity contribution in [1.29, 1.82) is 0 Å². The molecule has 0 aromatic heterocycles. The van der Waals surface area contributed by atoms with Gasteiger partial charge in [0.1, 0.15) is 9.84 Å². The lowest BCUT2D eigenvalue weighted by Crippen LogP contribution is -2.26. The fourth-order valence-electron chi connectivity index (χ4n) is 1.26. The van der Waals surface area contributed by atoms with Gasteiger partial charge in [0.05, 0.1) is 5.75 Å². The summed E-state index contributed by atoms with van der Waals surface area (Å²) in [7, 11) is -0.853. The van der Waals surface area contributed by atoms with Gasteiger partial charge in [-0.2, -0.15) is 0 Å². The second-order valence-corrected chi connectivity index (χ2v) is 6.67. The molecule has 0 heterocycles. The molecule has 0 spiro atoms. The fraction of sp³-hybridized carbons (Fsp3) is 1.00. The molecule has 0 aliphatic rings. The predicted molar refractivity (Wildman–Crippen MR) is 66.4 cm³/mol. The summed E-state index contributed by atoms with van der Waals surface area (Å²) >= 11 is 5.57. The number of alkyl halides is 1. The van der Waals surface area contributed by atoms with Crippen LogP contribution in [0.15, 0.2) is 0 Å². The highest BCUT2D eigenvalue weighted by Gasteiger charge is 2.04. The zero-order chi connectivity index (χ0) is 11.7. The Hall–Kier alpha value is 0.200. The van der Waals surface area contributed by atoms with E-state index in [0.29, 0.717) is 6.54 Å². The molecule has 15 heavy (non-hydrogen) atoms. The van der Waals surface area contributed by atoms with Crippen molar-refractivity contribution in [3.05, 3.63) is 0 Å². The first-order valence-electron chi connectivity index (χ1n) is 5.38. The Morgan fingerprint density at radius 3 is 2.20 bits per heavy atom. The normalized spacial score (nSPS) is 12.3. The van der Waals surface area contributed by atoms with Crippen molar-refractivity contribution in [3.8, 4) is 0 Å². The van der Waals surface area contributed by atoms with Gasteiger partial charge in [0.25, 0.3) is 0 Å². The molecule has 5 heteroatoms. The van der Waals surface area contributed by atoms with E-state index in [9.17, 15) is 8.42 Å². The summed E-state index contributed by atoms with van der Waals surface area (Å²) in [4.78, 5) is 2.07. The molecule has 0 fully saturated rings. The van der Waals surface area contributed by atoms with Gasteiger partial charge in [-0.3, -0.25) is 0 Å². The molecule has 0 aliphatic heterocycles. The maximum Gasteiger partial charge on any atom is 0.148 e. The van der Waals surface area contributed by atoms with Crippen LogP contribution in [-0.2, 0) is 9.84 Å². The van der Waals surface area contributed by atoms with Gasteiger partial charge in [-0.25, -0.2) is 8.42 Å². The molecule has 0 saturated heterocycles. The van der Waals surface area contributed by atoms with E-state index in [-0.39, 0.29) is 5.75 Å². The number of hydrogen-bond acceptors (Lipinski definition) is 3. The Morgan fingerprint density at radius 2 is 1.67 bits per heavy atom. The van der Waals surface area contributed by atoms with Crippen LogP contribution >= 0.6 is 11.6 Å². The SMILES string of the molecule is CN(CCCCCCCl)CCS(C)(=O)=O. The average Bonchev–Trinajstić information content (AvgIpc) is 2.13. The minimum atomic E-state index is -2.82. The van der Waals surface area contributed by atoms with Crippen LogP contribution in [-0.4, -0.2) is 51.3 Å². The van der Waals surface area contributed by atoms with E-state index in [1.165, 1.54) is 19.1 Å². The Labute approximate surface area is 98.7 Å².